The molecule has 0 amide bonds. The molecule has 1 aromatic carbocycles. The lowest BCUT2D eigenvalue weighted by Crippen LogP contribution is -2.38. The van der Waals surface area contributed by atoms with Crippen LogP contribution in [0.1, 0.15) is 5.56 Å². The number of halogens is 1. The zero-order chi connectivity index (χ0) is 14.6. The maximum absolute atomic E-state index is 12.1. The smallest absolute Gasteiger partial charge is 0.252 e. The molecule has 2 aromatic rings. The molecule has 0 bridgehead atoms. The van der Waals surface area contributed by atoms with E-state index in [2.05, 4.69) is 9.71 Å². The first-order valence-electron chi connectivity index (χ1n) is 5.79. The van der Waals surface area contributed by atoms with Crippen LogP contribution in [0, 0.1) is 0 Å². The van der Waals surface area contributed by atoms with Gasteiger partial charge in [0.1, 0.15) is 0 Å². The van der Waals surface area contributed by atoms with Gasteiger partial charge in [-0.15, -0.1) is 0 Å². The van der Waals surface area contributed by atoms with Crippen molar-refractivity contribution < 1.29 is 13.5 Å². The molecule has 0 fully saturated rings. The minimum atomic E-state index is -3.71. The standard InChI is InChI=1S/C12H13ClN2O3S2/c13-12-14-7-11(19-12)20(17,18)15-10(8-16)6-9-4-2-1-3-5-9/h1-5,7,10,15-16H,6,8H2. The predicted octanol–water partition coefficient (Wildman–Crippen LogP) is 1.68. The average molecular weight is 333 g/mol. The van der Waals surface area contributed by atoms with Crippen molar-refractivity contribution >= 4 is 33.0 Å². The summed E-state index contributed by atoms with van der Waals surface area (Å²) in [5.41, 5.74) is 0.941. The Hall–Kier alpha value is -0.990. The molecule has 0 radical (unpaired) electrons. The number of aromatic nitrogens is 1. The van der Waals surface area contributed by atoms with Gasteiger partial charge in [0.25, 0.3) is 10.0 Å². The monoisotopic (exact) mass is 332 g/mol. The van der Waals surface area contributed by atoms with E-state index in [1.165, 1.54) is 6.20 Å². The van der Waals surface area contributed by atoms with E-state index < -0.39 is 16.1 Å². The SMILES string of the molecule is O=S(=O)(NC(CO)Cc1ccccc1)c1cnc(Cl)s1. The Morgan fingerprint density at radius 1 is 1.35 bits per heavy atom. The summed E-state index contributed by atoms with van der Waals surface area (Å²) in [6, 6.07) is 8.76. The van der Waals surface area contributed by atoms with Gasteiger partial charge in [-0.1, -0.05) is 53.3 Å². The number of rotatable bonds is 6. The molecule has 1 atom stereocenters. The first-order valence-corrected chi connectivity index (χ1v) is 8.47. The van der Waals surface area contributed by atoms with Gasteiger partial charge < -0.3 is 5.11 Å². The Balaban J connectivity index is 2.10. The van der Waals surface area contributed by atoms with Crippen LogP contribution < -0.4 is 4.72 Å². The van der Waals surface area contributed by atoms with Crippen molar-refractivity contribution in [2.75, 3.05) is 6.61 Å². The number of aliphatic hydroxyl groups excluding tert-OH is 1. The molecule has 2 rings (SSSR count). The molecule has 0 saturated heterocycles. The summed E-state index contributed by atoms with van der Waals surface area (Å²) in [7, 11) is -3.71. The van der Waals surface area contributed by atoms with Crippen molar-refractivity contribution in [3.05, 3.63) is 46.6 Å². The van der Waals surface area contributed by atoms with Crippen molar-refractivity contribution in [2.24, 2.45) is 0 Å². The first kappa shape index (κ1) is 15.4. The summed E-state index contributed by atoms with van der Waals surface area (Å²) in [6.45, 7) is -0.291. The minimum Gasteiger partial charge on any atom is -0.395 e. The second kappa shape index (κ2) is 6.64. The fourth-order valence-corrected chi connectivity index (χ4v) is 4.22. The van der Waals surface area contributed by atoms with Crippen LogP contribution in [-0.4, -0.2) is 31.2 Å². The summed E-state index contributed by atoms with van der Waals surface area (Å²) in [6.07, 6.45) is 1.61. The molecule has 8 heteroatoms. The van der Waals surface area contributed by atoms with Gasteiger partial charge in [0, 0.05) is 6.04 Å². The number of hydrogen-bond donors (Lipinski definition) is 2. The highest BCUT2D eigenvalue weighted by molar-refractivity contribution is 7.91. The summed E-state index contributed by atoms with van der Waals surface area (Å²) >= 11 is 6.51. The van der Waals surface area contributed by atoms with Gasteiger partial charge in [0.15, 0.2) is 8.68 Å². The van der Waals surface area contributed by atoms with Crippen LogP contribution in [0.2, 0.25) is 4.47 Å². The number of thiazole rings is 1. The lowest BCUT2D eigenvalue weighted by atomic mass is 10.1. The first-order chi connectivity index (χ1) is 9.51. The highest BCUT2D eigenvalue weighted by Gasteiger charge is 2.22. The van der Waals surface area contributed by atoms with Crippen LogP contribution in [0.4, 0.5) is 0 Å². The van der Waals surface area contributed by atoms with Gasteiger partial charge in [0.05, 0.1) is 12.8 Å². The van der Waals surface area contributed by atoms with Gasteiger partial charge >= 0.3 is 0 Å². The summed E-state index contributed by atoms with van der Waals surface area (Å²) < 4.78 is 26.8. The van der Waals surface area contributed by atoms with E-state index in [-0.39, 0.29) is 15.3 Å². The number of nitrogens with one attached hydrogen (secondary N) is 1. The molecule has 5 nitrogen and oxygen atoms in total. The molecule has 0 aliphatic heterocycles. The molecule has 2 N–H and O–H groups in total. The zero-order valence-electron chi connectivity index (χ0n) is 10.4. The minimum absolute atomic E-state index is 0.0361. The van der Waals surface area contributed by atoms with E-state index in [1.54, 1.807) is 0 Å². The molecule has 1 heterocycles. The van der Waals surface area contributed by atoms with Crippen LogP contribution >= 0.6 is 22.9 Å². The number of benzene rings is 1. The second-order valence-corrected chi connectivity index (χ2v) is 7.68. The molecule has 1 aromatic heterocycles. The Labute approximate surface area is 126 Å². The zero-order valence-corrected chi connectivity index (χ0v) is 12.7. The van der Waals surface area contributed by atoms with Crippen LogP contribution in [0.25, 0.3) is 0 Å². The van der Waals surface area contributed by atoms with Crippen LogP contribution in [0.15, 0.2) is 40.7 Å². The maximum Gasteiger partial charge on any atom is 0.252 e. The number of aliphatic hydroxyl groups is 1. The Morgan fingerprint density at radius 2 is 2.05 bits per heavy atom. The largest absolute Gasteiger partial charge is 0.395 e. The molecule has 0 saturated carbocycles. The van der Waals surface area contributed by atoms with Crippen molar-refractivity contribution in [3.63, 3.8) is 0 Å². The van der Waals surface area contributed by atoms with E-state index in [0.717, 1.165) is 16.9 Å². The van der Waals surface area contributed by atoms with Crippen LogP contribution in [0.3, 0.4) is 0 Å². The molecular formula is C12H13ClN2O3S2. The number of hydrogen-bond acceptors (Lipinski definition) is 5. The third-order valence-corrected chi connectivity index (χ3v) is 5.68. The lowest BCUT2D eigenvalue weighted by molar-refractivity contribution is 0.256. The van der Waals surface area contributed by atoms with Crippen molar-refractivity contribution in [3.8, 4) is 0 Å². The lowest BCUT2D eigenvalue weighted by Gasteiger charge is -2.15. The van der Waals surface area contributed by atoms with Crippen molar-refractivity contribution in [1.82, 2.24) is 9.71 Å². The Bertz CT molecular complexity index is 658. The van der Waals surface area contributed by atoms with Gasteiger partial charge in [-0.25, -0.2) is 18.1 Å². The van der Waals surface area contributed by atoms with E-state index in [0.29, 0.717) is 6.42 Å². The van der Waals surface area contributed by atoms with Crippen molar-refractivity contribution in [1.29, 1.82) is 0 Å². The van der Waals surface area contributed by atoms with Gasteiger partial charge in [-0.3, -0.25) is 0 Å². The highest BCUT2D eigenvalue weighted by atomic mass is 35.5. The third kappa shape index (κ3) is 4.00. The second-order valence-electron chi connectivity index (χ2n) is 4.12. The van der Waals surface area contributed by atoms with E-state index in [9.17, 15) is 13.5 Å². The fraction of sp³-hybridized carbons (Fsp3) is 0.250. The Morgan fingerprint density at radius 3 is 2.60 bits per heavy atom. The summed E-state index contributed by atoms with van der Waals surface area (Å²) in [5.74, 6) is 0. The molecule has 0 spiro atoms. The quantitative estimate of drug-likeness (QED) is 0.843. The van der Waals surface area contributed by atoms with E-state index >= 15 is 0 Å². The third-order valence-electron chi connectivity index (χ3n) is 2.59. The normalized spacial score (nSPS) is 13.3. The van der Waals surface area contributed by atoms with E-state index in [4.69, 9.17) is 11.6 Å². The molecule has 20 heavy (non-hydrogen) atoms. The molecular weight excluding hydrogens is 320 g/mol. The van der Waals surface area contributed by atoms with Gasteiger partial charge in [-0.05, 0) is 12.0 Å². The Kier molecular flexibility index (Phi) is 5.11. The molecule has 1 unspecified atom stereocenters. The topological polar surface area (TPSA) is 79.3 Å². The summed E-state index contributed by atoms with van der Waals surface area (Å²) in [4.78, 5) is 3.70. The predicted molar refractivity (Wildman–Crippen MR) is 78.5 cm³/mol. The fourth-order valence-electron chi connectivity index (χ4n) is 1.68. The maximum atomic E-state index is 12.1. The van der Waals surface area contributed by atoms with Crippen molar-refractivity contribution in [2.45, 2.75) is 16.7 Å². The van der Waals surface area contributed by atoms with Gasteiger partial charge in [0.2, 0.25) is 0 Å². The molecule has 0 aliphatic carbocycles. The van der Waals surface area contributed by atoms with Crippen LogP contribution in [-0.2, 0) is 16.4 Å². The number of nitrogens with zero attached hydrogens (tertiary/aromatic N) is 1. The van der Waals surface area contributed by atoms with E-state index in [1.807, 2.05) is 30.3 Å². The molecule has 108 valence electrons. The highest BCUT2D eigenvalue weighted by Crippen LogP contribution is 2.22. The van der Waals surface area contributed by atoms with Gasteiger partial charge in [-0.2, -0.15) is 0 Å². The summed E-state index contributed by atoms with van der Waals surface area (Å²) in [5, 5.41) is 9.34. The average Bonchev–Trinajstić information content (AvgIpc) is 2.86. The van der Waals surface area contributed by atoms with Crippen LogP contribution in [0.5, 0.6) is 0 Å². The molecule has 0 aliphatic rings. The number of sulfonamides is 1.